The van der Waals surface area contributed by atoms with E-state index >= 15 is 0 Å². The number of fused-ring (bicyclic) bond motifs is 5. The molecule has 0 aliphatic heterocycles. The van der Waals surface area contributed by atoms with E-state index in [1.54, 1.807) is 0 Å². The standard InChI is InChI=1S/C27H42O/c1-5-6-7-8-9-19(2)23-12-13-24-22-11-10-20-18-21(28)14-16-26(20,3)25(22)15-17-27(23,24)4/h8-9,18-19,22-25H,5-7,10-17H2,1-4H3/b9-8+/t19-,22?,23?,24?,25?,26?,27?/m1/s1. The number of allylic oxidation sites excluding steroid dienone is 3. The van der Waals surface area contributed by atoms with Gasteiger partial charge in [0, 0.05) is 6.42 Å². The molecule has 0 aromatic rings. The van der Waals surface area contributed by atoms with Crippen LogP contribution in [0.15, 0.2) is 23.8 Å². The Bertz CT molecular complexity index is 657. The van der Waals surface area contributed by atoms with Gasteiger partial charge in [0.15, 0.2) is 5.78 Å². The highest BCUT2D eigenvalue weighted by atomic mass is 16.1. The zero-order valence-electron chi connectivity index (χ0n) is 18.8. The molecule has 28 heavy (non-hydrogen) atoms. The fourth-order valence-electron chi connectivity index (χ4n) is 8.23. The van der Waals surface area contributed by atoms with Crippen molar-refractivity contribution in [1.82, 2.24) is 0 Å². The predicted molar refractivity (Wildman–Crippen MR) is 118 cm³/mol. The molecule has 0 spiro atoms. The van der Waals surface area contributed by atoms with Gasteiger partial charge in [-0.2, -0.15) is 0 Å². The second-order valence-electron chi connectivity index (χ2n) is 11.1. The van der Waals surface area contributed by atoms with Crippen LogP contribution in [-0.4, -0.2) is 5.78 Å². The molecule has 0 aromatic heterocycles. The second-order valence-corrected chi connectivity index (χ2v) is 11.1. The molecule has 0 saturated heterocycles. The van der Waals surface area contributed by atoms with Crippen LogP contribution in [0.5, 0.6) is 0 Å². The van der Waals surface area contributed by atoms with Crippen molar-refractivity contribution in [1.29, 1.82) is 0 Å². The fourth-order valence-corrected chi connectivity index (χ4v) is 8.23. The van der Waals surface area contributed by atoms with E-state index in [-0.39, 0.29) is 0 Å². The van der Waals surface area contributed by atoms with Gasteiger partial charge < -0.3 is 0 Å². The summed E-state index contributed by atoms with van der Waals surface area (Å²) in [5, 5.41) is 0. The van der Waals surface area contributed by atoms with Gasteiger partial charge in [-0.25, -0.2) is 0 Å². The smallest absolute Gasteiger partial charge is 0.155 e. The number of hydrogen-bond donors (Lipinski definition) is 0. The monoisotopic (exact) mass is 382 g/mol. The summed E-state index contributed by atoms with van der Waals surface area (Å²) >= 11 is 0. The van der Waals surface area contributed by atoms with Crippen LogP contribution < -0.4 is 0 Å². The summed E-state index contributed by atoms with van der Waals surface area (Å²) in [6, 6.07) is 0. The summed E-state index contributed by atoms with van der Waals surface area (Å²) < 4.78 is 0. The molecule has 4 aliphatic carbocycles. The van der Waals surface area contributed by atoms with Crippen LogP contribution in [0.4, 0.5) is 0 Å². The summed E-state index contributed by atoms with van der Waals surface area (Å²) in [6.45, 7) is 9.94. The molecule has 3 saturated carbocycles. The van der Waals surface area contributed by atoms with Gasteiger partial charge in [-0.3, -0.25) is 4.79 Å². The van der Waals surface area contributed by atoms with Crippen LogP contribution in [0.1, 0.15) is 98.3 Å². The SMILES string of the molecule is CCCC/C=C/[C@@H](C)C1CCC2C3CCC4=CC(=O)CCC4(C)C3CCC21C. The molecule has 4 aliphatic rings. The number of hydrogen-bond acceptors (Lipinski definition) is 1. The summed E-state index contributed by atoms with van der Waals surface area (Å²) in [7, 11) is 0. The van der Waals surface area contributed by atoms with Crippen molar-refractivity contribution < 1.29 is 4.79 Å². The summed E-state index contributed by atoms with van der Waals surface area (Å²) in [5.41, 5.74) is 2.37. The topological polar surface area (TPSA) is 17.1 Å². The maximum absolute atomic E-state index is 12.0. The quantitative estimate of drug-likeness (QED) is 0.355. The van der Waals surface area contributed by atoms with Crippen LogP contribution in [0.3, 0.4) is 0 Å². The van der Waals surface area contributed by atoms with E-state index in [2.05, 4.69) is 39.8 Å². The van der Waals surface area contributed by atoms with Gasteiger partial charge in [-0.05, 0) is 97.9 Å². The minimum atomic E-state index is 0.321. The lowest BCUT2D eigenvalue weighted by Gasteiger charge is -2.58. The van der Waals surface area contributed by atoms with Gasteiger partial charge in [0.05, 0.1) is 0 Å². The van der Waals surface area contributed by atoms with Gasteiger partial charge >= 0.3 is 0 Å². The molecule has 3 fully saturated rings. The highest BCUT2D eigenvalue weighted by molar-refractivity contribution is 5.91. The molecule has 0 N–H and O–H groups in total. The van der Waals surface area contributed by atoms with Gasteiger partial charge in [-0.15, -0.1) is 0 Å². The third-order valence-corrected chi connectivity index (χ3v) is 9.83. The molecule has 0 radical (unpaired) electrons. The third-order valence-electron chi connectivity index (χ3n) is 9.83. The molecule has 1 nitrogen and oxygen atoms in total. The Morgan fingerprint density at radius 2 is 1.93 bits per heavy atom. The Labute approximate surface area is 173 Å². The lowest BCUT2D eigenvalue weighted by molar-refractivity contribution is -0.117. The van der Waals surface area contributed by atoms with E-state index in [1.165, 1.54) is 63.4 Å². The van der Waals surface area contributed by atoms with Crippen LogP contribution in [0.2, 0.25) is 0 Å². The Hall–Kier alpha value is -0.850. The lowest BCUT2D eigenvalue weighted by Crippen LogP contribution is -2.50. The maximum Gasteiger partial charge on any atom is 0.155 e. The molecule has 156 valence electrons. The highest BCUT2D eigenvalue weighted by Gasteiger charge is 2.59. The van der Waals surface area contributed by atoms with Crippen LogP contribution in [0.25, 0.3) is 0 Å². The third kappa shape index (κ3) is 3.25. The van der Waals surface area contributed by atoms with E-state index in [4.69, 9.17) is 0 Å². The number of ketones is 1. The minimum absolute atomic E-state index is 0.321. The van der Waals surface area contributed by atoms with E-state index in [0.29, 0.717) is 16.6 Å². The van der Waals surface area contributed by atoms with Gasteiger partial charge in [0.1, 0.15) is 0 Å². The van der Waals surface area contributed by atoms with Gasteiger partial charge in [0.2, 0.25) is 0 Å². The molecule has 0 amide bonds. The van der Waals surface area contributed by atoms with Crippen molar-refractivity contribution >= 4 is 5.78 Å². The van der Waals surface area contributed by atoms with E-state index in [1.807, 2.05) is 6.08 Å². The number of carbonyl (C=O) groups excluding carboxylic acids is 1. The van der Waals surface area contributed by atoms with E-state index < -0.39 is 0 Å². The van der Waals surface area contributed by atoms with Crippen molar-refractivity contribution in [3.05, 3.63) is 23.8 Å². The molecule has 4 rings (SSSR count). The van der Waals surface area contributed by atoms with E-state index in [0.717, 1.165) is 42.4 Å². The average Bonchev–Trinajstić information content (AvgIpc) is 3.03. The Balaban J connectivity index is 1.52. The lowest BCUT2D eigenvalue weighted by atomic mass is 9.46. The summed E-state index contributed by atoms with van der Waals surface area (Å²) in [4.78, 5) is 12.0. The minimum Gasteiger partial charge on any atom is -0.295 e. The van der Waals surface area contributed by atoms with Crippen molar-refractivity contribution in [3.8, 4) is 0 Å². The van der Waals surface area contributed by atoms with Gasteiger partial charge in [-0.1, -0.05) is 58.3 Å². The largest absolute Gasteiger partial charge is 0.295 e. The molecule has 1 heteroatoms. The normalized spacial score (nSPS) is 44.0. The Kier molecular flexibility index (Phi) is 5.66. The van der Waals surface area contributed by atoms with Crippen LogP contribution >= 0.6 is 0 Å². The van der Waals surface area contributed by atoms with Crippen LogP contribution in [-0.2, 0) is 4.79 Å². The van der Waals surface area contributed by atoms with Gasteiger partial charge in [0.25, 0.3) is 0 Å². The van der Waals surface area contributed by atoms with E-state index in [9.17, 15) is 4.79 Å². The average molecular weight is 383 g/mol. The second kappa shape index (κ2) is 7.77. The number of unbranched alkanes of at least 4 members (excludes halogenated alkanes) is 2. The first kappa shape index (κ1) is 20.4. The molecule has 0 heterocycles. The first-order valence-corrected chi connectivity index (χ1v) is 12.3. The van der Waals surface area contributed by atoms with Crippen molar-refractivity contribution in [2.24, 2.45) is 40.4 Å². The zero-order chi connectivity index (χ0) is 19.9. The molecule has 6 unspecified atom stereocenters. The van der Waals surface area contributed by atoms with Crippen molar-refractivity contribution in [2.45, 2.75) is 98.3 Å². The molecule has 0 bridgehead atoms. The first-order valence-electron chi connectivity index (χ1n) is 12.3. The molecular formula is C27H42O. The highest BCUT2D eigenvalue weighted by Crippen LogP contribution is 2.67. The Morgan fingerprint density at radius 3 is 2.71 bits per heavy atom. The van der Waals surface area contributed by atoms with Crippen LogP contribution in [0, 0.1) is 40.4 Å². The number of carbonyl (C=O) groups is 1. The molecule has 7 atom stereocenters. The molecule has 0 aromatic carbocycles. The maximum atomic E-state index is 12.0. The number of rotatable bonds is 5. The predicted octanol–water partition coefficient (Wildman–Crippen LogP) is 7.52. The molecular weight excluding hydrogens is 340 g/mol. The summed E-state index contributed by atoms with van der Waals surface area (Å²) in [5.74, 6) is 4.62. The zero-order valence-corrected chi connectivity index (χ0v) is 18.8. The first-order chi connectivity index (χ1) is 13.4. The fraction of sp³-hybridized carbons (Fsp3) is 0.815. The summed E-state index contributed by atoms with van der Waals surface area (Å²) in [6.07, 6.45) is 21.1. The van der Waals surface area contributed by atoms with Crippen molar-refractivity contribution in [2.75, 3.05) is 0 Å². The van der Waals surface area contributed by atoms with Crippen molar-refractivity contribution in [3.63, 3.8) is 0 Å². The Morgan fingerprint density at radius 1 is 1.11 bits per heavy atom.